The number of pyridine rings is 1. The molecule has 0 unspecified atom stereocenters. The fourth-order valence-corrected chi connectivity index (χ4v) is 2.28. The number of nitrogens with zero attached hydrogens (tertiary/aromatic N) is 4. The monoisotopic (exact) mass is 269 g/mol. The van der Waals surface area contributed by atoms with Gasteiger partial charge in [-0.25, -0.2) is 15.0 Å². The van der Waals surface area contributed by atoms with Crippen molar-refractivity contribution in [3.63, 3.8) is 0 Å². The Kier molecular flexibility index (Phi) is 3.16. The van der Waals surface area contributed by atoms with E-state index in [1.165, 1.54) is 16.9 Å². The smallest absolute Gasteiger partial charge is 0.228 e. The first kappa shape index (κ1) is 11.7. The Morgan fingerprint density at radius 1 is 1.05 bits per heavy atom. The van der Waals surface area contributed by atoms with Gasteiger partial charge in [-0.2, -0.15) is 0 Å². The molecule has 3 heterocycles. The minimum absolute atomic E-state index is 0.542. The van der Waals surface area contributed by atoms with Gasteiger partial charge in [0.15, 0.2) is 5.13 Å². The minimum Gasteiger partial charge on any atom is -0.300 e. The summed E-state index contributed by atoms with van der Waals surface area (Å²) in [7, 11) is 0. The van der Waals surface area contributed by atoms with Crippen LogP contribution < -0.4 is 5.32 Å². The van der Waals surface area contributed by atoms with E-state index in [-0.39, 0.29) is 0 Å². The summed E-state index contributed by atoms with van der Waals surface area (Å²) in [6, 6.07) is 5.75. The lowest BCUT2D eigenvalue weighted by atomic mass is 10.2. The van der Waals surface area contributed by atoms with Crippen molar-refractivity contribution in [2.45, 2.75) is 6.92 Å². The number of rotatable bonds is 3. The van der Waals surface area contributed by atoms with Gasteiger partial charge in [-0.1, -0.05) is 0 Å². The van der Waals surface area contributed by atoms with Gasteiger partial charge in [-0.05, 0) is 30.7 Å². The van der Waals surface area contributed by atoms with E-state index in [2.05, 4.69) is 25.3 Å². The van der Waals surface area contributed by atoms with Crippen LogP contribution in [0.2, 0.25) is 0 Å². The quantitative estimate of drug-likeness (QED) is 0.791. The molecule has 19 heavy (non-hydrogen) atoms. The highest BCUT2D eigenvalue weighted by Gasteiger charge is 2.06. The van der Waals surface area contributed by atoms with Crippen LogP contribution in [0.5, 0.6) is 0 Å². The van der Waals surface area contributed by atoms with Gasteiger partial charge in [0.25, 0.3) is 0 Å². The van der Waals surface area contributed by atoms with Crippen LogP contribution in [0.25, 0.3) is 11.4 Å². The third kappa shape index (κ3) is 2.74. The zero-order chi connectivity index (χ0) is 13.1. The lowest BCUT2D eigenvalue weighted by molar-refractivity contribution is 1.16. The highest BCUT2D eigenvalue weighted by atomic mass is 32.1. The molecule has 0 spiro atoms. The van der Waals surface area contributed by atoms with E-state index in [1.807, 2.05) is 24.4 Å². The SMILES string of the molecule is Cc1ccnc(-c2csc(Nc3ncccn3)n2)c1. The van der Waals surface area contributed by atoms with Crippen molar-refractivity contribution in [3.05, 3.63) is 47.7 Å². The van der Waals surface area contributed by atoms with Gasteiger partial charge in [-0.15, -0.1) is 11.3 Å². The maximum Gasteiger partial charge on any atom is 0.228 e. The summed E-state index contributed by atoms with van der Waals surface area (Å²) in [5.41, 5.74) is 2.89. The second kappa shape index (κ2) is 5.11. The number of aryl methyl sites for hydroxylation is 1. The van der Waals surface area contributed by atoms with E-state index < -0.39 is 0 Å². The summed E-state index contributed by atoms with van der Waals surface area (Å²) in [6.45, 7) is 2.04. The predicted octanol–water partition coefficient (Wildman–Crippen LogP) is 3.05. The number of nitrogens with one attached hydrogen (secondary N) is 1. The first-order valence-electron chi connectivity index (χ1n) is 5.74. The minimum atomic E-state index is 0.542. The van der Waals surface area contributed by atoms with Crippen molar-refractivity contribution in [1.82, 2.24) is 19.9 Å². The highest BCUT2D eigenvalue weighted by Crippen LogP contribution is 2.25. The van der Waals surface area contributed by atoms with Gasteiger partial charge in [0.2, 0.25) is 5.95 Å². The molecule has 6 heteroatoms. The topological polar surface area (TPSA) is 63.6 Å². The van der Waals surface area contributed by atoms with Crippen LogP contribution in [0.3, 0.4) is 0 Å². The van der Waals surface area contributed by atoms with E-state index in [1.54, 1.807) is 24.7 Å². The Bertz CT molecular complexity index is 680. The molecular weight excluding hydrogens is 258 g/mol. The van der Waals surface area contributed by atoms with Gasteiger partial charge in [0, 0.05) is 24.0 Å². The lowest BCUT2D eigenvalue weighted by Gasteiger charge is -1.99. The molecule has 3 rings (SSSR count). The van der Waals surface area contributed by atoms with Gasteiger partial charge in [0.1, 0.15) is 5.69 Å². The average molecular weight is 269 g/mol. The van der Waals surface area contributed by atoms with E-state index >= 15 is 0 Å². The fraction of sp³-hybridized carbons (Fsp3) is 0.0769. The zero-order valence-corrected chi connectivity index (χ0v) is 11.1. The van der Waals surface area contributed by atoms with E-state index in [0.717, 1.165) is 16.5 Å². The molecule has 0 aromatic carbocycles. The Hall–Kier alpha value is -2.34. The molecule has 0 aliphatic heterocycles. The van der Waals surface area contributed by atoms with Gasteiger partial charge >= 0.3 is 0 Å². The molecule has 3 aromatic rings. The third-order valence-corrected chi connectivity index (χ3v) is 3.22. The summed E-state index contributed by atoms with van der Waals surface area (Å²) < 4.78 is 0. The fourth-order valence-electron chi connectivity index (χ4n) is 1.58. The molecule has 0 bridgehead atoms. The molecule has 94 valence electrons. The maximum absolute atomic E-state index is 4.48. The van der Waals surface area contributed by atoms with E-state index in [9.17, 15) is 0 Å². The number of hydrogen-bond donors (Lipinski definition) is 1. The largest absolute Gasteiger partial charge is 0.300 e. The van der Waals surface area contributed by atoms with Crippen molar-refractivity contribution in [2.75, 3.05) is 5.32 Å². The van der Waals surface area contributed by atoms with Crippen LogP contribution in [-0.4, -0.2) is 19.9 Å². The molecular formula is C13H11N5S. The van der Waals surface area contributed by atoms with E-state index in [0.29, 0.717) is 5.95 Å². The van der Waals surface area contributed by atoms with Crippen molar-refractivity contribution in [3.8, 4) is 11.4 Å². The van der Waals surface area contributed by atoms with Crippen LogP contribution in [0.1, 0.15) is 5.56 Å². The number of thiazole rings is 1. The number of anilines is 2. The molecule has 5 nitrogen and oxygen atoms in total. The van der Waals surface area contributed by atoms with Crippen molar-refractivity contribution < 1.29 is 0 Å². The van der Waals surface area contributed by atoms with Crippen molar-refractivity contribution in [1.29, 1.82) is 0 Å². The summed E-state index contributed by atoms with van der Waals surface area (Å²) in [6.07, 6.45) is 5.16. The highest BCUT2D eigenvalue weighted by molar-refractivity contribution is 7.14. The van der Waals surface area contributed by atoms with Crippen molar-refractivity contribution >= 4 is 22.4 Å². The molecule has 0 amide bonds. The molecule has 3 aromatic heterocycles. The number of aromatic nitrogens is 4. The van der Waals surface area contributed by atoms with Crippen LogP contribution in [-0.2, 0) is 0 Å². The summed E-state index contributed by atoms with van der Waals surface area (Å²) in [5, 5.41) is 5.79. The molecule has 1 N–H and O–H groups in total. The third-order valence-electron chi connectivity index (χ3n) is 2.47. The molecule has 0 atom stereocenters. The van der Waals surface area contributed by atoms with Crippen LogP contribution >= 0.6 is 11.3 Å². The van der Waals surface area contributed by atoms with Crippen molar-refractivity contribution in [2.24, 2.45) is 0 Å². The van der Waals surface area contributed by atoms with E-state index in [4.69, 9.17) is 0 Å². The Labute approximate surface area is 114 Å². The summed E-state index contributed by atoms with van der Waals surface area (Å²) in [4.78, 5) is 17.0. The predicted molar refractivity (Wildman–Crippen MR) is 75.4 cm³/mol. The Morgan fingerprint density at radius 2 is 1.89 bits per heavy atom. The molecule has 0 fully saturated rings. The van der Waals surface area contributed by atoms with Gasteiger partial charge < -0.3 is 5.32 Å². The Morgan fingerprint density at radius 3 is 2.68 bits per heavy atom. The zero-order valence-electron chi connectivity index (χ0n) is 10.2. The maximum atomic E-state index is 4.48. The molecule has 0 aliphatic rings. The second-order valence-electron chi connectivity index (χ2n) is 3.95. The summed E-state index contributed by atoms with van der Waals surface area (Å²) in [5.74, 6) is 0.542. The normalized spacial score (nSPS) is 10.4. The molecule has 0 saturated heterocycles. The molecule has 0 aliphatic carbocycles. The van der Waals surface area contributed by atoms with Gasteiger partial charge in [0.05, 0.1) is 5.69 Å². The average Bonchev–Trinajstić information content (AvgIpc) is 2.88. The molecule has 0 saturated carbocycles. The first-order valence-corrected chi connectivity index (χ1v) is 6.62. The number of hydrogen-bond acceptors (Lipinski definition) is 6. The van der Waals surface area contributed by atoms with Gasteiger partial charge in [-0.3, -0.25) is 4.98 Å². The molecule has 0 radical (unpaired) electrons. The first-order chi connectivity index (χ1) is 9.31. The lowest BCUT2D eigenvalue weighted by Crippen LogP contribution is -1.95. The van der Waals surface area contributed by atoms with Crippen LogP contribution in [0.15, 0.2) is 42.2 Å². The standard InChI is InChI=1S/C13H11N5S/c1-9-3-6-14-10(7-9)11-8-19-13(17-11)18-12-15-4-2-5-16-12/h2-8H,1H3,(H,15,16,17,18). The van der Waals surface area contributed by atoms with Crippen LogP contribution in [0.4, 0.5) is 11.1 Å². The summed E-state index contributed by atoms with van der Waals surface area (Å²) >= 11 is 1.50. The second-order valence-corrected chi connectivity index (χ2v) is 4.81. The Balaban J connectivity index is 1.84. The van der Waals surface area contributed by atoms with Crippen LogP contribution in [0, 0.1) is 6.92 Å².